The molecular formula is C13H17N3O2. The summed E-state index contributed by atoms with van der Waals surface area (Å²) in [6, 6.07) is 5.56. The molecule has 0 fully saturated rings. The molecule has 0 aliphatic carbocycles. The first-order chi connectivity index (χ1) is 8.52. The highest BCUT2D eigenvalue weighted by Crippen LogP contribution is 2.22. The number of nitrogens with zero attached hydrogens (tertiary/aromatic N) is 2. The van der Waals surface area contributed by atoms with Gasteiger partial charge in [-0.2, -0.15) is 0 Å². The summed E-state index contributed by atoms with van der Waals surface area (Å²) in [6.45, 7) is 4.88. The van der Waals surface area contributed by atoms with Gasteiger partial charge in [-0.1, -0.05) is 13.8 Å². The van der Waals surface area contributed by atoms with Gasteiger partial charge in [-0.05, 0) is 18.1 Å². The van der Waals surface area contributed by atoms with Gasteiger partial charge in [-0.25, -0.2) is 4.98 Å². The second-order valence-electron chi connectivity index (χ2n) is 4.66. The minimum Gasteiger partial charge on any atom is -0.497 e. The van der Waals surface area contributed by atoms with Gasteiger partial charge in [0.05, 0.1) is 18.1 Å². The lowest BCUT2D eigenvalue weighted by atomic mass is 10.2. The molecule has 5 heteroatoms. The number of carbonyl (C=O) groups is 1. The number of imidazole rings is 1. The number of rotatable bonds is 4. The number of carbonyl (C=O) groups excluding carboxylic acids is 1. The van der Waals surface area contributed by atoms with E-state index in [0.29, 0.717) is 24.0 Å². The Kier molecular flexibility index (Phi) is 3.23. The molecule has 96 valence electrons. The zero-order valence-electron chi connectivity index (χ0n) is 10.8. The van der Waals surface area contributed by atoms with Crippen LogP contribution in [0.5, 0.6) is 5.75 Å². The van der Waals surface area contributed by atoms with Gasteiger partial charge >= 0.3 is 0 Å². The highest BCUT2D eigenvalue weighted by atomic mass is 16.5. The lowest BCUT2D eigenvalue weighted by molar-refractivity contribution is 0.0986. The van der Waals surface area contributed by atoms with Crippen molar-refractivity contribution in [3.8, 4) is 5.75 Å². The molecule has 0 bridgehead atoms. The summed E-state index contributed by atoms with van der Waals surface area (Å²) < 4.78 is 7.01. The summed E-state index contributed by atoms with van der Waals surface area (Å²) in [5.41, 5.74) is 7.00. The lowest BCUT2D eigenvalue weighted by Gasteiger charge is -2.10. The van der Waals surface area contributed by atoms with Gasteiger partial charge in [0.15, 0.2) is 5.82 Å². The van der Waals surface area contributed by atoms with E-state index in [1.54, 1.807) is 13.2 Å². The standard InChI is InChI=1S/C13H17N3O2/c1-8(2)7-16-11-5-4-9(18-3)6-10(11)15-13(16)12(14)17/h4-6,8H,7H2,1-3H3,(H2,14,17). The van der Waals surface area contributed by atoms with Crippen LogP contribution in [0.4, 0.5) is 0 Å². The van der Waals surface area contributed by atoms with Crippen LogP contribution in [0, 0.1) is 5.92 Å². The molecule has 1 heterocycles. The van der Waals surface area contributed by atoms with Gasteiger partial charge in [0.2, 0.25) is 0 Å². The third-order valence-electron chi connectivity index (χ3n) is 2.72. The van der Waals surface area contributed by atoms with E-state index < -0.39 is 5.91 Å². The molecule has 0 aliphatic heterocycles. The predicted octanol–water partition coefficient (Wildman–Crippen LogP) is 1.80. The molecule has 0 saturated carbocycles. The minimum atomic E-state index is -0.509. The number of primary amides is 1. The summed E-state index contributed by atoms with van der Waals surface area (Å²) in [5.74, 6) is 0.910. The Morgan fingerprint density at radius 2 is 2.22 bits per heavy atom. The maximum atomic E-state index is 11.4. The van der Waals surface area contributed by atoms with Crippen LogP contribution < -0.4 is 10.5 Å². The Bertz CT molecular complexity index is 587. The van der Waals surface area contributed by atoms with Crippen molar-refractivity contribution in [3.05, 3.63) is 24.0 Å². The number of amides is 1. The fourth-order valence-electron chi connectivity index (χ4n) is 1.97. The van der Waals surface area contributed by atoms with Crippen LogP contribution in [0.1, 0.15) is 24.5 Å². The van der Waals surface area contributed by atoms with Crippen LogP contribution >= 0.6 is 0 Å². The highest BCUT2D eigenvalue weighted by molar-refractivity contribution is 5.94. The highest BCUT2D eigenvalue weighted by Gasteiger charge is 2.16. The molecule has 0 spiro atoms. The molecule has 18 heavy (non-hydrogen) atoms. The molecule has 2 rings (SSSR count). The largest absolute Gasteiger partial charge is 0.497 e. The van der Waals surface area contributed by atoms with E-state index in [1.807, 2.05) is 16.7 Å². The van der Waals surface area contributed by atoms with Crippen molar-refractivity contribution >= 4 is 16.9 Å². The quantitative estimate of drug-likeness (QED) is 0.895. The van der Waals surface area contributed by atoms with Crippen molar-refractivity contribution in [3.63, 3.8) is 0 Å². The molecule has 0 radical (unpaired) electrons. The van der Waals surface area contributed by atoms with Gasteiger partial charge in [0.25, 0.3) is 5.91 Å². The zero-order valence-corrected chi connectivity index (χ0v) is 10.8. The molecule has 0 aliphatic rings. The third-order valence-corrected chi connectivity index (χ3v) is 2.72. The Morgan fingerprint density at radius 3 is 2.78 bits per heavy atom. The molecule has 0 unspecified atom stereocenters. The van der Waals surface area contributed by atoms with Crippen LogP contribution in [0.25, 0.3) is 11.0 Å². The normalized spacial score (nSPS) is 11.1. The summed E-state index contributed by atoms with van der Waals surface area (Å²) in [4.78, 5) is 15.7. The zero-order chi connectivity index (χ0) is 13.3. The predicted molar refractivity (Wildman–Crippen MR) is 69.6 cm³/mol. The molecular weight excluding hydrogens is 230 g/mol. The van der Waals surface area contributed by atoms with Crippen molar-refractivity contribution in [1.82, 2.24) is 9.55 Å². The second kappa shape index (κ2) is 4.68. The molecule has 0 saturated heterocycles. The number of methoxy groups -OCH3 is 1. The first-order valence-corrected chi connectivity index (χ1v) is 5.87. The first-order valence-electron chi connectivity index (χ1n) is 5.87. The maximum absolute atomic E-state index is 11.4. The summed E-state index contributed by atoms with van der Waals surface area (Å²) in [7, 11) is 1.60. The Hall–Kier alpha value is -2.04. The van der Waals surface area contributed by atoms with Gasteiger partial charge in [0, 0.05) is 12.6 Å². The number of ether oxygens (including phenoxy) is 1. The van der Waals surface area contributed by atoms with Gasteiger partial charge in [-0.15, -0.1) is 0 Å². The fourth-order valence-corrected chi connectivity index (χ4v) is 1.97. The van der Waals surface area contributed by atoms with Crippen LogP contribution in [0.3, 0.4) is 0 Å². The minimum absolute atomic E-state index is 0.298. The monoisotopic (exact) mass is 247 g/mol. The van der Waals surface area contributed by atoms with E-state index in [4.69, 9.17) is 10.5 Å². The van der Waals surface area contributed by atoms with E-state index in [1.165, 1.54) is 0 Å². The lowest BCUT2D eigenvalue weighted by Crippen LogP contribution is -2.19. The van der Waals surface area contributed by atoms with Crippen LogP contribution in [0.2, 0.25) is 0 Å². The number of aromatic nitrogens is 2. The maximum Gasteiger partial charge on any atom is 0.284 e. The number of fused-ring (bicyclic) bond motifs is 1. The van der Waals surface area contributed by atoms with Crippen molar-refractivity contribution in [2.75, 3.05) is 7.11 Å². The van der Waals surface area contributed by atoms with Crippen LogP contribution in [-0.4, -0.2) is 22.6 Å². The van der Waals surface area contributed by atoms with E-state index in [9.17, 15) is 4.79 Å². The van der Waals surface area contributed by atoms with Crippen molar-refractivity contribution in [2.45, 2.75) is 20.4 Å². The fraction of sp³-hybridized carbons (Fsp3) is 0.385. The number of hydrogen-bond donors (Lipinski definition) is 1. The van der Waals surface area contributed by atoms with E-state index >= 15 is 0 Å². The molecule has 0 atom stereocenters. The molecule has 2 N–H and O–H groups in total. The topological polar surface area (TPSA) is 70.1 Å². The number of nitrogens with two attached hydrogens (primary N) is 1. The van der Waals surface area contributed by atoms with Crippen molar-refractivity contribution in [1.29, 1.82) is 0 Å². The molecule has 5 nitrogen and oxygen atoms in total. The average molecular weight is 247 g/mol. The first kappa shape index (κ1) is 12.4. The van der Waals surface area contributed by atoms with Gasteiger partial charge in [0.1, 0.15) is 5.75 Å². The Balaban J connectivity index is 2.63. The number of benzene rings is 1. The Morgan fingerprint density at radius 1 is 1.50 bits per heavy atom. The van der Waals surface area contributed by atoms with Crippen molar-refractivity contribution in [2.24, 2.45) is 11.7 Å². The average Bonchev–Trinajstić information content (AvgIpc) is 2.66. The summed E-state index contributed by atoms with van der Waals surface area (Å²) in [6.07, 6.45) is 0. The van der Waals surface area contributed by atoms with E-state index in [-0.39, 0.29) is 0 Å². The smallest absolute Gasteiger partial charge is 0.284 e. The molecule has 1 aromatic carbocycles. The van der Waals surface area contributed by atoms with Crippen molar-refractivity contribution < 1.29 is 9.53 Å². The van der Waals surface area contributed by atoms with E-state index in [0.717, 1.165) is 11.0 Å². The molecule has 1 aromatic heterocycles. The van der Waals surface area contributed by atoms with Gasteiger partial charge < -0.3 is 15.0 Å². The molecule has 1 amide bonds. The Labute approximate surface area is 106 Å². The molecule has 2 aromatic rings. The summed E-state index contributed by atoms with van der Waals surface area (Å²) in [5, 5.41) is 0. The number of hydrogen-bond acceptors (Lipinski definition) is 3. The second-order valence-corrected chi connectivity index (χ2v) is 4.66. The van der Waals surface area contributed by atoms with E-state index in [2.05, 4.69) is 18.8 Å². The van der Waals surface area contributed by atoms with Gasteiger partial charge in [-0.3, -0.25) is 4.79 Å². The SMILES string of the molecule is COc1ccc2c(c1)nc(C(N)=O)n2CC(C)C. The summed E-state index contributed by atoms with van der Waals surface area (Å²) >= 11 is 0. The van der Waals surface area contributed by atoms with Crippen LogP contribution in [0.15, 0.2) is 18.2 Å². The van der Waals surface area contributed by atoms with Crippen LogP contribution in [-0.2, 0) is 6.54 Å². The third kappa shape index (κ3) is 2.16.